The number of nitrogens with one attached hydrogen (secondary N) is 1. The van der Waals surface area contributed by atoms with E-state index >= 15 is 0 Å². The summed E-state index contributed by atoms with van der Waals surface area (Å²) in [5.74, 6) is -1.17. The van der Waals surface area contributed by atoms with Gasteiger partial charge in [0.05, 0.1) is 0 Å². The van der Waals surface area contributed by atoms with Crippen molar-refractivity contribution in [1.29, 1.82) is 0 Å². The molecule has 1 aromatic heterocycles. The van der Waals surface area contributed by atoms with Crippen LogP contribution in [0.15, 0.2) is 17.2 Å². The van der Waals surface area contributed by atoms with E-state index in [0.29, 0.717) is 13.1 Å². The van der Waals surface area contributed by atoms with Gasteiger partial charge in [-0.05, 0) is 27.0 Å². The molecule has 7 nitrogen and oxygen atoms in total. The molecule has 2 atom stereocenters. The van der Waals surface area contributed by atoms with Crippen molar-refractivity contribution in [3.63, 3.8) is 0 Å². The van der Waals surface area contributed by atoms with Crippen LogP contribution in [-0.2, 0) is 10.0 Å². The molecule has 1 aromatic rings. The highest BCUT2D eigenvalue weighted by Crippen LogP contribution is 2.22. The standard InChI is InChI=1S/C12H19N3O4S/c1-8-6-15(7-9(2)14(8)3)20(18,19)10-4-11(12(16)17)13-5-10/h4-5,8-9,13H,6-7H2,1-3H3,(H,16,17). The number of nitrogens with zero attached hydrogens (tertiary/aromatic N) is 2. The van der Waals surface area contributed by atoms with E-state index in [2.05, 4.69) is 9.88 Å². The number of aromatic carboxylic acids is 1. The first-order valence-electron chi connectivity index (χ1n) is 6.37. The third kappa shape index (κ3) is 2.58. The van der Waals surface area contributed by atoms with Crippen molar-refractivity contribution < 1.29 is 18.3 Å². The van der Waals surface area contributed by atoms with E-state index in [1.807, 2.05) is 20.9 Å². The van der Waals surface area contributed by atoms with Crippen LogP contribution < -0.4 is 0 Å². The Hall–Kier alpha value is -1.38. The lowest BCUT2D eigenvalue weighted by atomic mass is 10.1. The SMILES string of the molecule is CC1CN(S(=O)(=O)c2c[nH]c(C(=O)O)c2)CC(C)N1C. The van der Waals surface area contributed by atoms with Crippen molar-refractivity contribution in [2.24, 2.45) is 0 Å². The molecule has 8 heteroatoms. The van der Waals surface area contributed by atoms with E-state index in [1.54, 1.807) is 0 Å². The molecule has 2 unspecified atom stereocenters. The van der Waals surface area contributed by atoms with Gasteiger partial charge in [0.2, 0.25) is 10.0 Å². The molecule has 0 amide bonds. The van der Waals surface area contributed by atoms with Gasteiger partial charge in [-0.3, -0.25) is 4.90 Å². The van der Waals surface area contributed by atoms with E-state index in [0.717, 1.165) is 6.07 Å². The highest BCUT2D eigenvalue weighted by atomic mass is 32.2. The van der Waals surface area contributed by atoms with Gasteiger partial charge in [0.15, 0.2) is 0 Å². The number of carbonyl (C=O) groups is 1. The third-order valence-electron chi connectivity index (χ3n) is 3.85. The normalized spacial score (nSPS) is 25.8. The number of H-pyrrole nitrogens is 1. The molecule has 0 bridgehead atoms. The lowest BCUT2D eigenvalue weighted by Crippen LogP contribution is -2.56. The molecule has 0 aliphatic carbocycles. The predicted molar refractivity (Wildman–Crippen MR) is 73.2 cm³/mol. The Morgan fingerprint density at radius 3 is 2.35 bits per heavy atom. The van der Waals surface area contributed by atoms with Crippen LogP contribution in [0.3, 0.4) is 0 Å². The average Bonchev–Trinajstić information content (AvgIpc) is 2.85. The molecule has 2 rings (SSSR count). The Labute approximate surface area is 118 Å². The minimum atomic E-state index is -3.65. The summed E-state index contributed by atoms with van der Waals surface area (Å²) in [6.07, 6.45) is 1.23. The molecule has 0 aromatic carbocycles. The Kier molecular flexibility index (Phi) is 3.90. The summed E-state index contributed by atoms with van der Waals surface area (Å²) in [4.78, 5) is 15.4. The second-order valence-corrected chi connectivity index (χ2v) is 7.18. The number of aromatic amines is 1. The van der Waals surface area contributed by atoms with Crippen molar-refractivity contribution in [3.8, 4) is 0 Å². The predicted octanol–water partition coefficient (Wildman–Crippen LogP) is 0.426. The van der Waals surface area contributed by atoms with Crippen molar-refractivity contribution in [2.75, 3.05) is 20.1 Å². The van der Waals surface area contributed by atoms with Crippen LogP contribution in [0.1, 0.15) is 24.3 Å². The first-order chi connectivity index (χ1) is 9.23. The Balaban J connectivity index is 2.28. The van der Waals surface area contributed by atoms with Crippen LogP contribution in [0.2, 0.25) is 0 Å². The molecular weight excluding hydrogens is 282 g/mol. The zero-order valence-electron chi connectivity index (χ0n) is 11.7. The van der Waals surface area contributed by atoms with Crippen LogP contribution in [0.5, 0.6) is 0 Å². The minimum Gasteiger partial charge on any atom is -0.477 e. The molecule has 1 fully saturated rings. The van der Waals surface area contributed by atoms with Gasteiger partial charge in [-0.25, -0.2) is 13.2 Å². The fraction of sp³-hybridized carbons (Fsp3) is 0.583. The number of rotatable bonds is 3. The topological polar surface area (TPSA) is 93.7 Å². The highest BCUT2D eigenvalue weighted by Gasteiger charge is 2.35. The Bertz CT molecular complexity index is 598. The minimum absolute atomic E-state index is 0.00106. The van der Waals surface area contributed by atoms with Gasteiger partial charge in [-0.1, -0.05) is 0 Å². The van der Waals surface area contributed by atoms with E-state index in [4.69, 9.17) is 5.11 Å². The molecule has 1 aliphatic rings. The summed E-state index contributed by atoms with van der Waals surface area (Å²) >= 11 is 0. The maximum absolute atomic E-state index is 12.5. The summed E-state index contributed by atoms with van der Waals surface area (Å²) in [6, 6.07) is 1.39. The Morgan fingerprint density at radius 2 is 1.90 bits per heavy atom. The van der Waals surface area contributed by atoms with Gasteiger partial charge < -0.3 is 10.1 Å². The van der Waals surface area contributed by atoms with Crippen LogP contribution in [0, 0.1) is 0 Å². The lowest BCUT2D eigenvalue weighted by Gasteiger charge is -2.41. The molecule has 0 spiro atoms. The molecule has 0 radical (unpaired) electrons. The molecular formula is C12H19N3O4S. The van der Waals surface area contributed by atoms with E-state index in [9.17, 15) is 13.2 Å². The van der Waals surface area contributed by atoms with E-state index < -0.39 is 16.0 Å². The summed E-state index contributed by atoms with van der Waals surface area (Å²) < 4.78 is 26.4. The number of carboxylic acid groups (broad SMARTS) is 1. The van der Waals surface area contributed by atoms with Gasteiger partial charge >= 0.3 is 5.97 Å². The van der Waals surface area contributed by atoms with Crippen molar-refractivity contribution in [2.45, 2.75) is 30.8 Å². The fourth-order valence-electron chi connectivity index (χ4n) is 2.35. The van der Waals surface area contributed by atoms with Crippen molar-refractivity contribution >= 4 is 16.0 Å². The van der Waals surface area contributed by atoms with Gasteiger partial charge in [0.1, 0.15) is 10.6 Å². The number of sulfonamides is 1. The van der Waals surface area contributed by atoms with Gasteiger partial charge in [-0.2, -0.15) is 4.31 Å². The molecule has 1 aliphatic heterocycles. The molecule has 2 heterocycles. The van der Waals surface area contributed by atoms with Gasteiger partial charge in [0, 0.05) is 31.4 Å². The summed E-state index contributed by atoms with van der Waals surface area (Å²) in [5.41, 5.74) is -0.126. The summed E-state index contributed by atoms with van der Waals surface area (Å²) in [5, 5.41) is 8.85. The second-order valence-electron chi connectivity index (χ2n) is 5.24. The van der Waals surface area contributed by atoms with Crippen LogP contribution >= 0.6 is 0 Å². The number of aromatic nitrogens is 1. The Morgan fingerprint density at radius 1 is 1.35 bits per heavy atom. The van der Waals surface area contributed by atoms with Gasteiger partial charge in [0.25, 0.3) is 0 Å². The highest BCUT2D eigenvalue weighted by molar-refractivity contribution is 7.89. The number of likely N-dealkylation sites (N-methyl/N-ethyl adjacent to an activating group) is 1. The maximum atomic E-state index is 12.5. The van der Waals surface area contributed by atoms with E-state index in [-0.39, 0.29) is 22.7 Å². The largest absolute Gasteiger partial charge is 0.477 e. The monoisotopic (exact) mass is 301 g/mol. The number of piperazine rings is 1. The quantitative estimate of drug-likeness (QED) is 0.844. The molecule has 1 saturated heterocycles. The number of hydrogen-bond donors (Lipinski definition) is 2. The van der Waals surface area contributed by atoms with Crippen molar-refractivity contribution in [3.05, 3.63) is 18.0 Å². The number of hydrogen-bond acceptors (Lipinski definition) is 4. The molecule has 20 heavy (non-hydrogen) atoms. The molecule has 2 N–H and O–H groups in total. The van der Waals surface area contributed by atoms with Crippen LogP contribution in [0.4, 0.5) is 0 Å². The summed E-state index contributed by atoms with van der Waals surface area (Å²) in [6.45, 7) is 4.74. The third-order valence-corrected chi connectivity index (χ3v) is 5.66. The zero-order chi connectivity index (χ0) is 15.1. The first kappa shape index (κ1) is 15.0. The zero-order valence-corrected chi connectivity index (χ0v) is 12.5. The first-order valence-corrected chi connectivity index (χ1v) is 7.81. The van der Waals surface area contributed by atoms with Crippen LogP contribution in [0.25, 0.3) is 0 Å². The summed E-state index contributed by atoms with van der Waals surface area (Å²) in [7, 11) is -1.68. The fourth-order valence-corrected chi connectivity index (χ4v) is 3.94. The lowest BCUT2D eigenvalue weighted by molar-refractivity contribution is 0.0691. The average molecular weight is 301 g/mol. The van der Waals surface area contributed by atoms with Crippen molar-refractivity contribution in [1.82, 2.24) is 14.2 Å². The maximum Gasteiger partial charge on any atom is 0.352 e. The smallest absolute Gasteiger partial charge is 0.352 e. The molecule has 0 saturated carbocycles. The number of carboxylic acids is 1. The molecule has 112 valence electrons. The van der Waals surface area contributed by atoms with Gasteiger partial charge in [-0.15, -0.1) is 0 Å². The van der Waals surface area contributed by atoms with E-state index in [1.165, 1.54) is 10.5 Å². The van der Waals surface area contributed by atoms with Crippen LogP contribution in [-0.4, -0.2) is 65.9 Å². The second kappa shape index (κ2) is 5.19.